The number of carbonyl (C=O) groups is 2. The Bertz CT molecular complexity index is 490. The molecule has 6 nitrogen and oxygen atoms in total. The average molecular weight is 276 g/mol. The lowest BCUT2D eigenvalue weighted by Crippen LogP contribution is -2.51. The summed E-state index contributed by atoms with van der Waals surface area (Å²) in [6, 6.07) is 7.30. The molecule has 0 radical (unpaired) electrons. The third kappa shape index (κ3) is 3.01. The Morgan fingerprint density at radius 2 is 1.60 bits per heavy atom. The van der Waals surface area contributed by atoms with Crippen LogP contribution in [-0.4, -0.2) is 62.0 Å². The zero-order chi connectivity index (χ0) is 14.7. The number of primary amides is 1. The third-order valence-electron chi connectivity index (χ3n) is 3.45. The number of hydrogen-bond acceptors (Lipinski definition) is 3. The highest BCUT2D eigenvalue weighted by Gasteiger charge is 2.22. The van der Waals surface area contributed by atoms with Gasteiger partial charge in [-0.15, -0.1) is 0 Å². The molecule has 1 aromatic rings. The van der Waals surface area contributed by atoms with E-state index in [1.807, 2.05) is 17.0 Å². The first-order valence-electron chi connectivity index (χ1n) is 6.60. The fourth-order valence-corrected chi connectivity index (χ4v) is 2.28. The lowest BCUT2D eigenvalue weighted by atomic mass is 10.1. The van der Waals surface area contributed by atoms with Gasteiger partial charge in [0.2, 0.25) is 5.91 Å². The molecule has 0 bridgehead atoms. The monoisotopic (exact) mass is 276 g/mol. The molecule has 0 aromatic heterocycles. The number of nitrogens with two attached hydrogens (primary N) is 1. The number of piperazine rings is 1. The van der Waals surface area contributed by atoms with Gasteiger partial charge in [-0.1, -0.05) is 0 Å². The van der Waals surface area contributed by atoms with Crippen molar-refractivity contribution in [2.24, 2.45) is 5.73 Å². The van der Waals surface area contributed by atoms with Gasteiger partial charge < -0.3 is 20.4 Å². The minimum Gasteiger partial charge on any atom is -0.368 e. The second-order valence-electron chi connectivity index (χ2n) is 5.06. The Hall–Kier alpha value is -2.24. The van der Waals surface area contributed by atoms with E-state index in [1.54, 1.807) is 31.1 Å². The second-order valence-corrected chi connectivity index (χ2v) is 5.06. The predicted octanol–water partition coefficient (Wildman–Crippen LogP) is 0.589. The van der Waals surface area contributed by atoms with Gasteiger partial charge in [-0.3, -0.25) is 4.79 Å². The lowest BCUT2D eigenvalue weighted by molar-refractivity contribution is 0.1000. The Morgan fingerprint density at radius 1 is 1.05 bits per heavy atom. The van der Waals surface area contributed by atoms with E-state index in [2.05, 4.69) is 4.90 Å². The highest BCUT2D eigenvalue weighted by Crippen LogP contribution is 2.17. The second kappa shape index (κ2) is 5.81. The van der Waals surface area contributed by atoms with Crippen LogP contribution in [0.15, 0.2) is 24.3 Å². The molecule has 20 heavy (non-hydrogen) atoms. The molecule has 3 amide bonds. The van der Waals surface area contributed by atoms with Crippen molar-refractivity contribution in [2.45, 2.75) is 0 Å². The van der Waals surface area contributed by atoms with Crippen LogP contribution in [0.4, 0.5) is 10.5 Å². The highest BCUT2D eigenvalue weighted by atomic mass is 16.2. The Morgan fingerprint density at radius 3 is 2.05 bits per heavy atom. The smallest absolute Gasteiger partial charge is 0.319 e. The van der Waals surface area contributed by atoms with Gasteiger partial charge in [0.05, 0.1) is 0 Å². The maximum atomic E-state index is 11.8. The van der Waals surface area contributed by atoms with Crippen LogP contribution in [0, 0.1) is 0 Å². The number of carbonyl (C=O) groups excluding carboxylic acids is 2. The van der Waals surface area contributed by atoms with E-state index >= 15 is 0 Å². The van der Waals surface area contributed by atoms with Crippen molar-refractivity contribution in [1.29, 1.82) is 0 Å². The van der Waals surface area contributed by atoms with Crippen molar-refractivity contribution < 1.29 is 9.59 Å². The summed E-state index contributed by atoms with van der Waals surface area (Å²) in [6.45, 7) is 2.98. The third-order valence-corrected chi connectivity index (χ3v) is 3.45. The van der Waals surface area contributed by atoms with Crippen molar-refractivity contribution in [3.8, 4) is 0 Å². The highest BCUT2D eigenvalue weighted by molar-refractivity contribution is 5.93. The first-order valence-corrected chi connectivity index (χ1v) is 6.60. The summed E-state index contributed by atoms with van der Waals surface area (Å²) < 4.78 is 0. The van der Waals surface area contributed by atoms with Gasteiger partial charge in [-0.25, -0.2) is 4.79 Å². The van der Waals surface area contributed by atoms with Crippen LogP contribution in [0.2, 0.25) is 0 Å². The Labute approximate surface area is 118 Å². The van der Waals surface area contributed by atoms with E-state index < -0.39 is 5.91 Å². The molecular weight excluding hydrogens is 256 g/mol. The molecule has 1 fully saturated rings. The SMILES string of the molecule is CN(C)C(=O)N1CCN(c2ccc(C(N)=O)cc2)CC1. The summed E-state index contributed by atoms with van der Waals surface area (Å²) in [5.41, 5.74) is 6.78. The molecule has 108 valence electrons. The number of nitrogens with zero attached hydrogens (tertiary/aromatic N) is 3. The van der Waals surface area contributed by atoms with Crippen molar-refractivity contribution >= 4 is 17.6 Å². The summed E-state index contributed by atoms with van der Waals surface area (Å²) in [5, 5.41) is 0. The summed E-state index contributed by atoms with van der Waals surface area (Å²) >= 11 is 0. The maximum Gasteiger partial charge on any atom is 0.319 e. The number of urea groups is 1. The van der Waals surface area contributed by atoms with Crippen LogP contribution < -0.4 is 10.6 Å². The number of benzene rings is 1. The molecule has 1 aliphatic heterocycles. The van der Waals surface area contributed by atoms with Crippen LogP contribution >= 0.6 is 0 Å². The zero-order valence-corrected chi connectivity index (χ0v) is 11.9. The van der Waals surface area contributed by atoms with Crippen molar-refractivity contribution in [1.82, 2.24) is 9.80 Å². The van der Waals surface area contributed by atoms with E-state index in [0.717, 1.165) is 18.8 Å². The van der Waals surface area contributed by atoms with E-state index in [-0.39, 0.29) is 6.03 Å². The summed E-state index contributed by atoms with van der Waals surface area (Å²) in [4.78, 5) is 28.5. The first kappa shape index (κ1) is 14.2. The summed E-state index contributed by atoms with van der Waals surface area (Å²) in [7, 11) is 3.52. The van der Waals surface area contributed by atoms with Crippen LogP contribution in [0.1, 0.15) is 10.4 Å². The van der Waals surface area contributed by atoms with Crippen LogP contribution in [0.5, 0.6) is 0 Å². The zero-order valence-electron chi connectivity index (χ0n) is 11.9. The molecule has 0 atom stereocenters. The first-order chi connectivity index (χ1) is 9.49. The molecule has 0 saturated carbocycles. The fourth-order valence-electron chi connectivity index (χ4n) is 2.28. The molecule has 0 spiro atoms. The van der Waals surface area contributed by atoms with Gasteiger partial charge in [0, 0.05) is 51.5 Å². The Balaban J connectivity index is 1.97. The van der Waals surface area contributed by atoms with Crippen molar-refractivity contribution in [3.63, 3.8) is 0 Å². The summed E-state index contributed by atoms with van der Waals surface area (Å²) in [5.74, 6) is -0.419. The molecule has 0 aliphatic carbocycles. The largest absolute Gasteiger partial charge is 0.368 e. The minimum absolute atomic E-state index is 0.0497. The van der Waals surface area contributed by atoms with Gasteiger partial charge in [0.25, 0.3) is 0 Å². The van der Waals surface area contributed by atoms with Gasteiger partial charge in [-0.05, 0) is 24.3 Å². The molecular formula is C14H20N4O2. The lowest BCUT2D eigenvalue weighted by Gasteiger charge is -2.37. The predicted molar refractivity (Wildman–Crippen MR) is 77.8 cm³/mol. The van der Waals surface area contributed by atoms with Crippen LogP contribution in [0.3, 0.4) is 0 Å². The number of hydrogen-bond donors (Lipinski definition) is 1. The van der Waals surface area contributed by atoms with Gasteiger partial charge >= 0.3 is 6.03 Å². The average Bonchev–Trinajstić information content (AvgIpc) is 2.46. The molecule has 2 rings (SSSR count). The van der Waals surface area contributed by atoms with Crippen LogP contribution in [-0.2, 0) is 0 Å². The molecule has 1 aliphatic rings. The van der Waals surface area contributed by atoms with Gasteiger partial charge in [-0.2, -0.15) is 0 Å². The van der Waals surface area contributed by atoms with E-state index in [4.69, 9.17) is 5.73 Å². The van der Waals surface area contributed by atoms with Crippen LogP contribution in [0.25, 0.3) is 0 Å². The molecule has 1 heterocycles. The van der Waals surface area contributed by atoms with Crippen molar-refractivity contribution in [2.75, 3.05) is 45.2 Å². The molecule has 1 aromatic carbocycles. The van der Waals surface area contributed by atoms with Gasteiger partial charge in [0.15, 0.2) is 0 Å². The van der Waals surface area contributed by atoms with E-state index in [1.165, 1.54) is 0 Å². The normalized spacial score (nSPS) is 15.1. The molecule has 2 N–H and O–H groups in total. The van der Waals surface area contributed by atoms with E-state index in [9.17, 15) is 9.59 Å². The number of anilines is 1. The topological polar surface area (TPSA) is 69.9 Å². The molecule has 0 unspecified atom stereocenters. The van der Waals surface area contributed by atoms with Gasteiger partial charge in [0.1, 0.15) is 0 Å². The fraction of sp³-hybridized carbons (Fsp3) is 0.429. The van der Waals surface area contributed by atoms with Crippen molar-refractivity contribution in [3.05, 3.63) is 29.8 Å². The molecule has 1 saturated heterocycles. The molecule has 6 heteroatoms. The number of amides is 3. The summed E-state index contributed by atoms with van der Waals surface area (Å²) in [6.07, 6.45) is 0. The van der Waals surface area contributed by atoms with E-state index in [0.29, 0.717) is 18.7 Å². The quantitative estimate of drug-likeness (QED) is 0.859. The minimum atomic E-state index is -0.419. The maximum absolute atomic E-state index is 11.8. The Kier molecular flexibility index (Phi) is 4.12. The standard InChI is InChI=1S/C14H20N4O2/c1-16(2)14(20)18-9-7-17(8-10-18)12-5-3-11(4-6-12)13(15)19/h3-6H,7-10H2,1-2H3,(H2,15,19). The number of rotatable bonds is 2.